The highest BCUT2D eigenvalue weighted by Gasteiger charge is 2.19. The number of aliphatic imine (C=N–C) groups is 1. The first kappa shape index (κ1) is 20.1. The van der Waals surface area contributed by atoms with Crippen LogP contribution in [-0.4, -0.2) is 22.5 Å². The molecule has 0 saturated heterocycles. The van der Waals surface area contributed by atoms with Gasteiger partial charge in [0, 0.05) is 22.9 Å². The van der Waals surface area contributed by atoms with Crippen molar-refractivity contribution >= 4 is 17.3 Å². The first-order chi connectivity index (χ1) is 13.5. The minimum Gasteiger partial charge on any atom is -0.443 e. The van der Waals surface area contributed by atoms with Crippen molar-refractivity contribution in [3.05, 3.63) is 58.6 Å². The lowest BCUT2D eigenvalue weighted by Gasteiger charge is -2.13. The van der Waals surface area contributed by atoms with Crippen LogP contribution < -0.4 is 10.6 Å². The lowest BCUT2D eigenvalue weighted by Crippen LogP contribution is -2.36. The van der Waals surface area contributed by atoms with Gasteiger partial charge >= 0.3 is 0 Å². The molecule has 148 valence electrons. The summed E-state index contributed by atoms with van der Waals surface area (Å²) in [5.74, 6) is 2.20. The van der Waals surface area contributed by atoms with E-state index < -0.39 is 0 Å². The van der Waals surface area contributed by atoms with Crippen LogP contribution in [0.4, 0.5) is 0 Å². The fourth-order valence-corrected chi connectivity index (χ4v) is 3.25. The molecule has 2 aromatic heterocycles. The van der Waals surface area contributed by atoms with Crippen molar-refractivity contribution in [3.8, 4) is 11.3 Å². The quantitative estimate of drug-likeness (QED) is 0.478. The van der Waals surface area contributed by atoms with Gasteiger partial charge in [-0.05, 0) is 6.92 Å². The molecule has 0 radical (unpaired) electrons. The maximum absolute atomic E-state index is 5.81. The van der Waals surface area contributed by atoms with Gasteiger partial charge in [0.25, 0.3) is 0 Å². The summed E-state index contributed by atoms with van der Waals surface area (Å²) in [6, 6.07) is 10.2. The van der Waals surface area contributed by atoms with E-state index in [1.54, 1.807) is 17.5 Å². The third kappa shape index (κ3) is 5.42. The monoisotopic (exact) mass is 397 g/mol. The van der Waals surface area contributed by atoms with Gasteiger partial charge in [0.15, 0.2) is 5.96 Å². The van der Waals surface area contributed by atoms with Crippen LogP contribution in [-0.2, 0) is 18.5 Å². The van der Waals surface area contributed by atoms with Gasteiger partial charge < -0.3 is 15.1 Å². The minimum atomic E-state index is -0.0565. The molecule has 0 unspecified atom stereocenters. The Hall–Kier alpha value is -2.67. The normalized spacial score (nSPS) is 12.2. The van der Waals surface area contributed by atoms with Crippen LogP contribution in [0.2, 0.25) is 0 Å². The molecule has 0 aliphatic rings. The van der Waals surface area contributed by atoms with Gasteiger partial charge in [-0.1, -0.05) is 51.1 Å². The van der Waals surface area contributed by atoms with E-state index in [0.29, 0.717) is 19.0 Å². The van der Waals surface area contributed by atoms with Crippen LogP contribution in [0, 0.1) is 0 Å². The summed E-state index contributed by atoms with van der Waals surface area (Å²) < 4.78 is 5.81. The number of nitrogens with zero attached hydrogens (tertiary/aromatic N) is 3. The highest BCUT2D eigenvalue weighted by molar-refractivity contribution is 7.09. The molecule has 0 spiro atoms. The Morgan fingerprint density at radius 2 is 1.96 bits per heavy atom. The maximum Gasteiger partial charge on any atom is 0.216 e. The van der Waals surface area contributed by atoms with Gasteiger partial charge in [-0.25, -0.2) is 15.0 Å². The Labute approximate surface area is 170 Å². The second-order valence-electron chi connectivity index (χ2n) is 7.41. The van der Waals surface area contributed by atoms with E-state index in [1.165, 1.54) is 0 Å². The van der Waals surface area contributed by atoms with Gasteiger partial charge in [-0.2, -0.15) is 0 Å². The summed E-state index contributed by atoms with van der Waals surface area (Å²) in [4.78, 5) is 13.6. The van der Waals surface area contributed by atoms with Crippen molar-refractivity contribution < 1.29 is 4.42 Å². The van der Waals surface area contributed by atoms with Crippen molar-refractivity contribution in [1.29, 1.82) is 0 Å². The van der Waals surface area contributed by atoms with Crippen LogP contribution in [0.25, 0.3) is 11.3 Å². The fraction of sp³-hybridized carbons (Fsp3) is 0.381. The number of aromatic nitrogens is 2. The van der Waals surface area contributed by atoms with E-state index in [2.05, 4.69) is 58.9 Å². The molecule has 2 N–H and O–H groups in total. The van der Waals surface area contributed by atoms with Gasteiger partial charge in [0.05, 0.1) is 18.4 Å². The lowest BCUT2D eigenvalue weighted by atomic mass is 9.94. The van der Waals surface area contributed by atoms with Crippen LogP contribution >= 0.6 is 11.3 Å². The number of hydrogen-bond acceptors (Lipinski definition) is 5. The van der Waals surface area contributed by atoms with Crippen LogP contribution in [0.1, 0.15) is 44.4 Å². The molecule has 2 heterocycles. The molecule has 0 saturated carbocycles. The summed E-state index contributed by atoms with van der Waals surface area (Å²) >= 11 is 1.64. The number of thiazole rings is 1. The number of nitrogens with one attached hydrogen (secondary N) is 2. The molecule has 3 aromatic rings. The zero-order valence-corrected chi connectivity index (χ0v) is 17.6. The van der Waals surface area contributed by atoms with E-state index in [1.807, 2.05) is 25.1 Å². The van der Waals surface area contributed by atoms with Crippen molar-refractivity contribution in [2.24, 2.45) is 4.99 Å². The van der Waals surface area contributed by atoms with Crippen molar-refractivity contribution in [2.45, 2.75) is 46.2 Å². The number of hydrogen-bond donors (Lipinski definition) is 2. The second kappa shape index (κ2) is 9.01. The molecule has 0 atom stereocenters. The van der Waals surface area contributed by atoms with Crippen LogP contribution in [0.15, 0.2) is 51.3 Å². The highest BCUT2D eigenvalue weighted by Crippen LogP contribution is 2.23. The molecule has 0 bridgehead atoms. The van der Waals surface area contributed by atoms with Crippen molar-refractivity contribution in [2.75, 3.05) is 6.54 Å². The molecule has 28 heavy (non-hydrogen) atoms. The third-order valence-corrected chi connectivity index (χ3v) is 4.89. The zero-order chi connectivity index (χ0) is 20.0. The first-order valence-electron chi connectivity index (χ1n) is 9.43. The average molecular weight is 398 g/mol. The first-order valence-corrected chi connectivity index (χ1v) is 10.3. The number of oxazole rings is 1. The van der Waals surface area contributed by atoms with E-state index in [9.17, 15) is 0 Å². The van der Waals surface area contributed by atoms with Crippen LogP contribution in [0.3, 0.4) is 0 Å². The Morgan fingerprint density at radius 3 is 2.64 bits per heavy atom. The van der Waals surface area contributed by atoms with Gasteiger partial charge in [-0.3, -0.25) is 0 Å². The predicted octanol–water partition coefficient (Wildman–Crippen LogP) is 4.35. The molecular weight excluding hydrogens is 370 g/mol. The number of rotatable bonds is 6. The van der Waals surface area contributed by atoms with Gasteiger partial charge in [0.2, 0.25) is 5.89 Å². The predicted molar refractivity (Wildman–Crippen MR) is 114 cm³/mol. The Balaban J connectivity index is 1.61. The molecule has 1 aromatic carbocycles. The second-order valence-corrected chi connectivity index (χ2v) is 8.35. The Kier molecular flexibility index (Phi) is 6.46. The SMILES string of the molecule is CCNC(=NCc1ncc(C(C)(C)C)o1)NCc1nc(-c2ccccc2)cs1. The van der Waals surface area contributed by atoms with Gasteiger partial charge in [-0.15, -0.1) is 11.3 Å². The van der Waals surface area contributed by atoms with E-state index in [4.69, 9.17) is 9.40 Å². The molecule has 0 aliphatic carbocycles. The molecule has 3 rings (SSSR count). The van der Waals surface area contributed by atoms with E-state index >= 15 is 0 Å². The molecular formula is C21H27N5OS. The fourth-order valence-electron chi connectivity index (χ4n) is 2.51. The third-order valence-electron chi connectivity index (χ3n) is 4.04. The van der Waals surface area contributed by atoms with E-state index in [0.717, 1.165) is 34.5 Å². The lowest BCUT2D eigenvalue weighted by molar-refractivity contribution is 0.383. The molecule has 7 heteroatoms. The summed E-state index contributed by atoms with van der Waals surface area (Å²) in [6.07, 6.45) is 1.78. The standard InChI is InChI=1S/C21H27N5OS/c1-5-22-20(24-12-18-23-11-17(27-18)21(2,3)4)25-13-19-26-16(14-28-19)15-9-7-6-8-10-15/h6-11,14H,5,12-13H2,1-4H3,(H2,22,24,25). The summed E-state index contributed by atoms with van der Waals surface area (Å²) in [5, 5.41) is 9.66. The van der Waals surface area contributed by atoms with E-state index in [-0.39, 0.29) is 5.41 Å². The smallest absolute Gasteiger partial charge is 0.216 e. The summed E-state index contributed by atoms with van der Waals surface area (Å²) in [7, 11) is 0. The zero-order valence-electron chi connectivity index (χ0n) is 16.8. The Morgan fingerprint density at radius 1 is 1.18 bits per heavy atom. The van der Waals surface area contributed by atoms with Gasteiger partial charge in [0.1, 0.15) is 17.3 Å². The van der Waals surface area contributed by atoms with Crippen LogP contribution in [0.5, 0.6) is 0 Å². The topological polar surface area (TPSA) is 75.3 Å². The van der Waals surface area contributed by atoms with Crippen molar-refractivity contribution in [3.63, 3.8) is 0 Å². The minimum absolute atomic E-state index is 0.0565. The number of guanidine groups is 1. The molecule has 6 nitrogen and oxygen atoms in total. The largest absolute Gasteiger partial charge is 0.443 e. The molecule has 0 amide bonds. The number of benzene rings is 1. The maximum atomic E-state index is 5.81. The average Bonchev–Trinajstić information content (AvgIpc) is 3.34. The molecule has 0 fully saturated rings. The Bertz CT molecular complexity index is 908. The summed E-state index contributed by atoms with van der Waals surface area (Å²) in [6.45, 7) is 10.1. The van der Waals surface area contributed by atoms with Crippen molar-refractivity contribution in [1.82, 2.24) is 20.6 Å². The molecule has 0 aliphatic heterocycles. The highest BCUT2D eigenvalue weighted by atomic mass is 32.1. The summed E-state index contributed by atoms with van der Waals surface area (Å²) in [5.41, 5.74) is 2.07.